The molecule has 2 rings (SSSR count). The zero-order valence-electron chi connectivity index (χ0n) is 11.7. The zero-order chi connectivity index (χ0) is 14.5. The summed E-state index contributed by atoms with van der Waals surface area (Å²) in [5.74, 6) is -0.255. The first-order valence-corrected chi connectivity index (χ1v) is 6.66. The summed E-state index contributed by atoms with van der Waals surface area (Å²) in [6, 6.07) is 13.1. The van der Waals surface area contributed by atoms with E-state index in [1.54, 1.807) is 25.3 Å². The fraction of sp³-hybridized carbons (Fsp3) is 0.235. The van der Waals surface area contributed by atoms with Crippen molar-refractivity contribution in [3.63, 3.8) is 0 Å². The van der Waals surface area contributed by atoms with Gasteiger partial charge >= 0.3 is 5.97 Å². The second kappa shape index (κ2) is 6.24. The first kappa shape index (κ1) is 14.1. The number of hydrogen-bond acceptors (Lipinski definition) is 2. The zero-order valence-corrected chi connectivity index (χ0v) is 11.7. The molecule has 0 bridgehead atoms. The Morgan fingerprint density at radius 3 is 2.40 bits per heavy atom. The molecule has 20 heavy (non-hydrogen) atoms. The van der Waals surface area contributed by atoms with Crippen molar-refractivity contribution in [1.82, 2.24) is 0 Å². The monoisotopic (exact) mass is 270 g/mol. The van der Waals surface area contributed by atoms with Crippen LogP contribution in [0, 0.1) is 0 Å². The minimum atomic E-state index is -0.934. The SMILES string of the molecule is CCCc1ccc(-c2cc(C(=O)O)ccc2OC)cc1. The minimum Gasteiger partial charge on any atom is -0.496 e. The van der Waals surface area contributed by atoms with Crippen molar-refractivity contribution in [3.05, 3.63) is 53.6 Å². The molecule has 3 nitrogen and oxygen atoms in total. The second-order valence-electron chi connectivity index (χ2n) is 4.67. The molecule has 0 atom stereocenters. The van der Waals surface area contributed by atoms with E-state index in [-0.39, 0.29) is 5.56 Å². The van der Waals surface area contributed by atoms with Gasteiger partial charge in [0, 0.05) is 5.56 Å². The maximum absolute atomic E-state index is 11.1. The Labute approximate surface area is 118 Å². The lowest BCUT2D eigenvalue weighted by molar-refractivity contribution is 0.0697. The Hall–Kier alpha value is -2.29. The van der Waals surface area contributed by atoms with E-state index < -0.39 is 5.97 Å². The Bertz CT molecular complexity index is 600. The number of hydrogen-bond donors (Lipinski definition) is 1. The van der Waals surface area contributed by atoms with E-state index in [0.717, 1.165) is 24.0 Å². The third kappa shape index (κ3) is 2.99. The van der Waals surface area contributed by atoms with Crippen LogP contribution in [0.4, 0.5) is 0 Å². The Balaban J connectivity index is 2.43. The van der Waals surface area contributed by atoms with Crippen LogP contribution in [-0.2, 0) is 6.42 Å². The number of aromatic carboxylic acids is 1. The van der Waals surface area contributed by atoms with Crippen molar-refractivity contribution < 1.29 is 14.6 Å². The van der Waals surface area contributed by atoms with Crippen molar-refractivity contribution in [3.8, 4) is 16.9 Å². The van der Waals surface area contributed by atoms with Gasteiger partial charge in [0.15, 0.2) is 0 Å². The average Bonchev–Trinajstić information content (AvgIpc) is 2.47. The van der Waals surface area contributed by atoms with Crippen LogP contribution in [0.3, 0.4) is 0 Å². The van der Waals surface area contributed by atoms with E-state index in [9.17, 15) is 4.79 Å². The van der Waals surface area contributed by atoms with Gasteiger partial charge in [-0.15, -0.1) is 0 Å². The van der Waals surface area contributed by atoms with Crippen LogP contribution in [0.25, 0.3) is 11.1 Å². The van der Waals surface area contributed by atoms with Gasteiger partial charge in [0.05, 0.1) is 12.7 Å². The predicted octanol–water partition coefficient (Wildman–Crippen LogP) is 4.01. The lowest BCUT2D eigenvalue weighted by Gasteiger charge is -2.10. The van der Waals surface area contributed by atoms with Gasteiger partial charge in [-0.2, -0.15) is 0 Å². The molecular weight excluding hydrogens is 252 g/mol. The number of rotatable bonds is 5. The predicted molar refractivity (Wildman–Crippen MR) is 79.4 cm³/mol. The topological polar surface area (TPSA) is 46.5 Å². The molecule has 0 saturated carbocycles. The lowest BCUT2D eigenvalue weighted by atomic mass is 9.99. The maximum atomic E-state index is 11.1. The highest BCUT2D eigenvalue weighted by Crippen LogP contribution is 2.31. The van der Waals surface area contributed by atoms with E-state index >= 15 is 0 Å². The summed E-state index contributed by atoms with van der Waals surface area (Å²) in [5.41, 5.74) is 3.31. The lowest BCUT2D eigenvalue weighted by Crippen LogP contribution is -1.98. The second-order valence-corrected chi connectivity index (χ2v) is 4.67. The number of aryl methyl sites for hydroxylation is 1. The van der Waals surface area contributed by atoms with Gasteiger partial charge in [-0.25, -0.2) is 4.79 Å². The first-order valence-electron chi connectivity index (χ1n) is 6.66. The molecular formula is C17H18O3. The molecule has 0 heterocycles. The van der Waals surface area contributed by atoms with Crippen LogP contribution >= 0.6 is 0 Å². The fourth-order valence-electron chi connectivity index (χ4n) is 2.21. The molecule has 2 aromatic carbocycles. The van der Waals surface area contributed by atoms with Crippen LogP contribution in [0.15, 0.2) is 42.5 Å². The molecule has 0 saturated heterocycles. The summed E-state index contributed by atoms with van der Waals surface area (Å²) in [7, 11) is 1.59. The number of carboxylic acid groups (broad SMARTS) is 1. The molecule has 1 N–H and O–H groups in total. The van der Waals surface area contributed by atoms with Gasteiger partial charge in [0.2, 0.25) is 0 Å². The summed E-state index contributed by atoms with van der Waals surface area (Å²) in [5, 5.41) is 9.09. The van der Waals surface area contributed by atoms with E-state index in [0.29, 0.717) is 5.75 Å². The normalized spacial score (nSPS) is 10.3. The average molecular weight is 270 g/mol. The molecule has 0 aliphatic carbocycles. The van der Waals surface area contributed by atoms with Crippen molar-refractivity contribution in [2.75, 3.05) is 7.11 Å². The van der Waals surface area contributed by atoms with Gasteiger partial charge in [-0.05, 0) is 35.7 Å². The summed E-state index contributed by atoms with van der Waals surface area (Å²) in [6.45, 7) is 2.15. The van der Waals surface area contributed by atoms with Gasteiger partial charge in [0.25, 0.3) is 0 Å². The highest BCUT2D eigenvalue weighted by atomic mass is 16.5. The standard InChI is InChI=1S/C17H18O3/c1-3-4-12-5-7-13(8-6-12)15-11-14(17(18)19)9-10-16(15)20-2/h5-11H,3-4H2,1-2H3,(H,18,19). The van der Waals surface area contributed by atoms with Crippen molar-refractivity contribution in [2.24, 2.45) is 0 Å². The first-order chi connectivity index (χ1) is 9.65. The summed E-state index contributed by atoms with van der Waals surface area (Å²) >= 11 is 0. The molecule has 3 heteroatoms. The van der Waals surface area contributed by atoms with Gasteiger partial charge in [-0.3, -0.25) is 0 Å². The third-order valence-corrected chi connectivity index (χ3v) is 3.25. The number of carboxylic acids is 1. The smallest absolute Gasteiger partial charge is 0.335 e. The fourth-order valence-corrected chi connectivity index (χ4v) is 2.21. The number of benzene rings is 2. The summed E-state index contributed by atoms with van der Waals surface area (Å²) in [4.78, 5) is 11.1. The van der Waals surface area contributed by atoms with Crippen LogP contribution < -0.4 is 4.74 Å². The molecule has 0 aromatic heterocycles. The van der Waals surface area contributed by atoms with Gasteiger partial charge < -0.3 is 9.84 Å². The van der Waals surface area contributed by atoms with Crippen LogP contribution in [0.5, 0.6) is 5.75 Å². The molecule has 104 valence electrons. The van der Waals surface area contributed by atoms with E-state index in [4.69, 9.17) is 9.84 Å². The minimum absolute atomic E-state index is 0.262. The molecule has 0 radical (unpaired) electrons. The highest BCUT2D eigenvalue weighted by Gasteiger charge is 2.10. The molecule has 0 spiro atoms. The molecule has 2 aromatic rings. The largest absolute Gasteiger partial charge is 0.496 e. The van der Waals surface area contributed by atoms with Crippen molar-refractivity contribution in [1.29, 1.82) is 0 Å². The van der Waals surface area contributed by atoms with E-state index in [1.165, 1.54) is 5.56 Å². The van der Waals surface area contributed by atoms with Crippen molar-refractivity contribution in [2.45, 2.75) is 19.8 Å². The maximum Gasteiger partial charge on any atom is 0.335 e. The van der Waals surface area contributed by atoms with E-state index in [2.05, 4.69) is 19.1 Å². The molecule has 0 fully saturated rings. The summed E-state index contributed by atoms with van der Waals surface area (Å²) in [6.07, 6.45) is 2.16. The molecule has 0 aliphatic heterocycles. The van der Waals surface area contributed by atoms with Crippen LogP contribution in [0.1, 0.15) is 29.3 Å². The number of ether oxygens (including phenoxy) is 1. The Kier molecular flexibility index (Phi) is 4.41. The molecule has 0 unspecified atom stereocenters. The third-order valence-electron chi connectivity index (χ3n) is 3.25. The Morgan fingerprint density at radius 1 is 1.15 bits per heavy atom. The number of carbonyl (C=O) groups is 1. The number of methoxy groups -OCH3 is 1. The molecule has 0 amide bonds. The van der Waals surface area contributed by atoms with Crippen LogP contribution in [-0.4, -0.2) is 18.2 Å². The molecule has 0 aliphatic rings. The van der Waals surface area contributed by atoms with Crippen LogP contribution in [0.2, 0.25) is 0 Å². The summed E-state index contributed by atoms with van der Waals surface area (Å²) < 4.78 is 5.32. The highest BCUT2D eigenvalue weighted by molar-refractivity contribution is 5.90. The quantitative estimate of drug-likeness (QED) is 0.892. The van der Waals surface area contributed by atoms with E-state index in [1.807, 2.05) is 12.1 Å². The van der Waals surface area contributed by atoms with Gasteiger partial charge in [0.1, 0.15) is 5.75 Å². The van der Waals surface area contributed by atoms with Gasteiger partial charge in [-0.1, -0.05) is 37.6 Å². The Morgan fingerprint density at radius 2 is 1.85 bits per heavy atom. The van der Waals surface area contributed by atoms with Crippen molar-refractivity contribution >= 4 is 5.97 Å².